The van der Waals surface area contributed by atoms with E-state index in [9.17, 15) is 4.79 Å². The monoisotopic (exact) mass is 237 g/mol. The Morgan fingerprint density at radius 1 is 1.35 bits per heavy atom. The Labute approximate surface area is 102 Å². The van der Waals surface area contributed by atoms with Gasteiger partial charge >= 0.3 is 0 Å². The highest BCUT2D eigenvalue weighted by Gasteiger charge is 2.01. The zero-order valence-electron chi connectivity index (χ0n) is 10.4. The molecule has 0 saturated carbocycles. The van der Waals surface area contributed by atoms with E-state index in [2.05, 4.69) is 5.32 Å². The molecule has 94 valence electrons. The maximum Gasteiger partial charge on any atom is 0.224 e. The number of anilines is 1. The fourth-order valence-electron chi connectivity index (χ4n) is 1.36. The molecule has 0 aliphatic carbocycles. The number of hydrogen-bond donors (Lipinski definition) is 1. The van der Waals surface area contributed by atoms with E-state index in [0.29, 0.717) is 19.6 Å². The molecular formula is C13H19NO3. The van der Waals surface area contributed by atoms with Crippen LogP contribution in [0.1, 0.15) is 19.8 Å². The van der Waals surface area contributed by atoms with Gasteiger partial charge in [0.05, 0.1) is 6.61 Å². The van der Waals surface area contributed by atoms with Crippen LogP contribution in [0.5, 0.6) is 5.75 Å². The van der Waals surface area contributed by atoms with Gasteiger partial charge in [-0.2, -0.15) is 0 Å². The first-order valence-electron chi connectivity index (χ1n) is 5.78. The van der Waals surface area contributed by atoms with Crippen LogP contribution < -0.4 is 10.1 Å². The van der Waals surface area contributed by atoms with Crippen LogP contribution in [0.3, 0.4) is 0 Å². The topological polar surface area (TPSA) is 47.6 Å². The van der Waals surface area contributed by atoms with Crippen LogP contribution in [-0.4, -0.2) is 26.2 Å². The molecule has 0 spiro atoms. The predicted octanol–water partition coefficient (Wildman–Crippen LogP) is 2.45. The van der Waals surface area contributed by atoms with Crippen LogP contribution in [-0.2, 0) is 9.53 Å². The van der Waals surface area contributed by atoms with Crippen molar-refractivity contribution >= 4 is 11.6 Å². The Hall–Kier alpha value is -1.55. The fourth-order valence-corrected chi connectivity index (χ4v) is 1.36. The Balaban J connectivity index is 2.50. The predicted molar refractivity (Wildman–Crippen MR) is 67.4 cm³/mol. The molecule has 1 amide bonds. The number of amides is 1. The lowest BCUT2D eigenvalue weighted by Gasteiger charge is -2.08. The number of methoxy groups -OCH3 is 1. The van der Waals surface area contributed by atoms with Crippen LogP contribution in [0.25, 0.3) is 0 Å². The van der Waals surface area contributed by atoms with Crippen molar-refractivity contribution in [3.05, 3.63) is 24.3 Å². The maximum absolute atomic E-state index is 11.4. The molecule has 0 heterocycles. The van der Waals surface area contributed by atoms with Gasteiger partial charge in [-0.05, 0) is 18.6 Å². The summed E-state index contributed by atoms with van der Waals surface area (Å²) in [6.07, 6.45) is 1.38. The highest BCUT2D eigenvalue weighted by atomic mass is 16.5. The Kier molecular flexibility index (Phi) is 6.10. The average Bonchev–Trinajstić information content (AvgIpc) is 2.30. The van der Waals surface area contributed by atoms with E-state index in [1.807, 2.05) is 31.2 Å². The molecular weight excluding hydrogens is 218 g/mol. The van der Waals surface area contributed by atoms with E-state index in [4.69, 9.17) is 9.47 Å². The smallest absolute Gasteiger partial charge is 0.224 e. The molecule has 0 aromatic heterocycles. The molecule has 0 aliphatic heterocycles. The molecule has 1 aromatic carbocycles. The van der Waals surface area contributed by atoms with Crippen molar-refractivity contribution in [2.75, 3.05) is 25.6 Å². The molecule has 0 unspecified atom stereocenters. The van der Waals surface area contributed by atoms with Crippen molar-refractivity contribution < 1.29 is 14.3 Å². The van der Waals surface area contributed by atoms with E-state index in [0.717, 1.165) is 17.9 Å². The molecule has 1 N–H and O–H groups in total. The number of carbonyl (C=O) groups is 1. The number of hydrogen-bond acceptors (Lipinski definition) is 3. The molecule has 0 saturated heterocycles. The number of ether oxygens (including phenoxy) is 2. The molecule has 0 atom stereocenters. The van der Waals surface area contributed by atoms with Gasteiger partial charge in [0, 0.05) is 25.3 Å². The van der Waals surface area contributed by atoms with Crippen LogP contribution in [0.4, 0.5) is 5.69 Å². The Bertz CT molecular complexity index is 352. The first-order valence-corrected chi connectivity index (χ1v) is 5.78. The summed E-state index contributed by atoms with van der Waals surface area (Å²) in [4.78, 5) is 11.4. The van der Waals surface area contributed by atoms with Gasteiger partial charge in [0.2, 0.25) is 5.91 Å². The van der Waals surface area contributed by atoms with Gasteiger partial charge in [0.15, 0.2) is 0 Å². The molecule has 0 radical (unpaired) electrons. The van der Waals surface area contributed by atoms with E-state index in [-0.39, 0.29) is 5.91 Å². The van der Waals surface area contributed by atoms with Gasteiger partial charge in [0.1, 0.15) is 12.4 Å². The second kappa shape index (κ2) is 7.68. The molecule has 4 heteroatoms. The summed E-state index contributed by atoms with van der Waals surface area (Å²) in [5, 5.41) is 2.82. The zero-order valence-corrected chi connectivity index (χ0v) is 10.4. The first kappa shape index (κ1) is 13.5. The van der Waals surface area contributed by atoms with E-state index in [1.165, 1.54) is 0 Å². The van der Waals surface area contributed by atoms with Gasteiger partial charge in [-0.3, -0.25) is 4.79 Å². The van der Waals surface area contributed by atoms with E-state index in [1.54, 1.807) is 7.11 Å². The summed E-state index contributed by atoms with van der Waals surface area (Å²) in [6.45, 7) is 3.03. The van der Waals surface area contributed by atoms with Crippen LogP contribution >= 0.6 is 0 Å². The molecule has 0 fully saturated rings. The summed E-state index contributed by atoms with van der Waals surface area (Å²) in [5.74, 6) is 0.762. The Morgan fingerprint density at radius 3 is 2.88 bits per heavy atom. The van der Waals surface area contributed by atoms with Crippen molar-refractivity contribution in [2.45, 2.75) is 19.8 Å². The fraction of sp³-hybridized carbons (Fsp3) is 0.462. The third kappa shape index (κ3) is 5.36. The zero-order chi connectivity index (χ0) is 12.5. The van der Waals surface area contributed by atoms with Gasteiger partial charge in [-0.15, -0.1) is 0 Å². The normalized spacial score (nSPS) is 10.0. The summed E-state index contributed by atoms with van der Waals surface area (Å²) in [7, 11) is 1.63. The molecule has 1 rings (SSSR count). The van der Waals surface area contributed by atoms with Gasteiger partial charge in [-0.25, -0.2) is 0 Å². The van der Waals surface area contributed by atoms with Crippen molar-refractivity contribution in [1.29, 1.82) is 0 Å². The third-order valence-corrected chi connectivity index (χ3v) is 2.15. The van der Waals surface area contributed by atoms with Crippen LogP contribution in [0.15, 0.2) is 24.3 Å². The number of nitrogens with one attached hydrogen (secondary N) is 1. The number of rotatable bonds is 7. The SMILES string of the molecule is CCCC(=O)Nc1cccc(OCCOC)c1. The average molecular weight is 237 g/mol. The standard InChI is InChI=1S/C13H19NO3/c1-3-5-13(15)14-11-6-4-7-12(10-11)17-9-8-16-2/h4,6-7,10H,3,5,8-9H2,1-2H3,(H,14,15). The second-order valence-electron chi connectivity index (χ2n) is 3.67. The third-order valence-electron chi connectivity index (χ3n) is 2.15. The molecule has 0 bridgehead atoms. The first-order chi connectivity index (χ1) is 8.26. The lowest BCUT2D eigenvalue weighted by Crippen LogP contribution is -2.10. The maximum atomic E-state index is 11.4. The highest BCUT2D eigenvalue weighted by Crippen LogP contribution is 2.17. The number of benzene rings is 1. The van der Waals surface area contributed by atoms with Gasteiger partial charge in [-0.1, -0.05) is 13.0 Å². The van der Waals surface area contributed by atoms with E-state index < -0.39 is 0 Å². The number of carbonyl (C=O) groups excluding carboxylic acids is 1. The molecule has 0 aliphatic rings. The van der Waals surface area contributed by atoms with Crippen molar-refractivity contribution in [3.63, 3.8) is 0 Å². The van der Waals surface area contributed by atoms with Crippen LogP contribution in [0, 0.1) is 0 Å². The lowest BCUT2D eigenvalue weighted by atomic mass is 10.2. The summed E-state index contributed by atoms with van der Waals surface area (Å²) < 4.78 is 10.3. The minimum absolute atomic E-state index is 0.0292. The summed E-state index contributed by atoms with van der Waals surface area (Å²) >= 11 is 0. The minimum atomic E-state index is 0.0292. The quantitative estimate of drug-likeness (QED) is 0.741. The minimum Gasteiger partial charge on any atom is -0.491 e. The summed E-state index contributed by atoms with van der Waals surface area (Å²) in [6, 6.07) is 7.36. The van der Waals surface area contributed by atoms with E-state index >= 15 is 0 Å². The molecule has 17 heavy (non-hydrogen) atoms. The molecule has 1 aromatic rings. The van der Waals surface area contributed by atoms with Crippen LogP contribution in [0.2, 0.25) is 0 Å². The van der Waals surface area contributed by atoms with Gasteiger partial charge < -0.3 is 14.8 Å². The summed E-state index contributed by atoms with van der Waals surface area (Å²) in [5.41, 5.74) is 0.762. The Morgan fingerprint density at radius 2 is 2.18 bits per heavy atom. The highest BCUT2D eigenvalue weighted by molar-refractivity contribution is 5.90. The van der Waals surface area contributed by atoms with Crippen molar-refractivity contribution in [3.8, 4) is 5.75 Å². The largest absolute Gasteiger partial charge is 0.491 e. The van der Waals surface area contributed by atoms with Crippen molar-refractivity contribution in [1.82, 2.24) is 0 Å². The van der Waals surface area contributed by atoms with Gasteiger partial charge in [0.25, 0.3) is 0 Å². The van der Waals surface area contributed by atoms with Crippen molar-refractivity contribution in [2.24, 2.45) is 0 Å². The lowest BCUT2D eigenvalue weighted by molar-refractivity contribution is -0.116. The second-order valence-corrected chi connectivity index (χ2v) is 3.67. The molecule has 4 nitrogen and oxygen atoms in total.